The molecule has 1 N–H and O–H groups in total. The second-order valence-electron chi connectivity index (χ2n) is 6.13. The van der Waals surface area contributed by atoms with E-state index in [1.165, 1.54) is 5.56 Å². The summed E-state index contributed by atoms with van der Waals surface area (Å²) in [4.78, 5) is 0. The first kappa shape index (κ1) is 13.9. The lowest BCUT2D eigenvalue weighted by Crippen LogP contribution is -2.43. The van der Waals surface area contributed by atoms with Crippen LogP contribution >= 0.6 is 0 Å². The van der Waals surface area contributed by atoms with Crippen molar-refractivity contribution in [2.45, 2.75) is 38.0 Å². The standard InChI is InChI=1S/C16H23NO3/c1-16(2)9-14(13-5-3-4-6-15(13)20-16)17-10-12-11-18-7-8-19-12/h3-6,12,14,17H,7-11H2,1-2H3. The monoisotopic (exact) mass is 277 g/mol. The summed E-state index contributed by atoms with van der Waals surface area (Å²) in [5, 5.41) is 3.62. The number of nitrogens with one attached hydrogen (secondary N) is 1. The average molecular weight is 277 g/mol. The van der Waals surface area contributed by atoms with Gasteiger partial charge in [0.2, 0.25) is 0 Å². The van der Waals surface area contributed by atoms with Crippen molar-refractivity contribution in [3.8, 4) is 5.75 Å². The lowest BCUT2D eigenvalue weighted by atomic mass is 9.89. The molecule has 0 bridgehead atoms. The number of hydrogen-bond acceptors (Lipinski definition) is 4. The smallest absolute Gasteiger partial charge is 0.124 e. The Labute approximate surface area is 120 Å². The molecule has 1 saturated heterocycles. The van der Waals surface area contributed by atoms with Gasteiger partial charge in [0.15, 0.2) is 0 Å². The van der Waals surface area contributed by atoms with Gasteiger partial charge < -0.3 is 19.5 Å². The van der Waals surface area contributed by atoms with Crippen LogP contribution in [0.2, 0.25) is 0 Å². The fraction of sp³-hybridized carbons (Fsp3) is 0.625. The predicted molar refractivity (Wildman–Crippen MR) is 77.1 cm³/mol. The fourth-order valence-electron chi connectivity index (χ4n) is 2.91. The molecule has 2 aliphatic rings. The van der Waals surface area contributed by atoms with E-state index in [4.69, 9.17) is 14.2 Å². The Bertz CT molecular complexity index is 455. The van der Waals surface area contributed by atoms with Crippen molar-refractivity contribution in [2.75, 3.05) is 26.4 Å². The molecule has 0 aliphatic carbocycles. The Morgan fingerprint density at radius 3 is 2.90 bits per heavy atom. The maximum Gasteiger partial charge on any atom is 0.124 e. The molecule has 2 heterocycles. The molecule has 0 aromatic heterocycles. The van der Waals surface area contributed by atoms with Crippen LogP contribution in [-0.2, 0) is 9.47 Å². The first-order valence-electron chi connectivity index (χ1n) is 7.35. The van der Waals surface area contributed by atoms with Crippen molar-refractivity contribution in [3.63, 3.8) is 0 Å². The fourth-order valence-corrected chi connectivity index (χ4v) is 2.91. The molecule has 4 nitrogen and oxygen atoms in total. The molecule has 2 aliphatic heterocycles. The van der Waals surface area contributed by atoms with Crippen LogP contribution < -0.4 is 10.1 Å². The molecule has 0 spiro atoms. The SMILES string of the molecule is CC1(C)CC(NCC2COCCO2)c2ccccc2O1. The highest BCUT2D eigenvalue weighted by atomic mass is 16.6. The van der Waals surface area contributed by atoms with Gasteiger partial charge in [-0.05, 0) is 19.9 Å². The molecule has 0 amide bonds. The van der Waals surface area contributed by atoms with E-state index in [0.29, 0.717) is 25.9 Å². The highest BCUT2D eigenvalue weighted by Gasteiger charge is 2.33. The molecule has 2 atom stereocenters. The van der Waals surface area contributed by atoms with Crippen LogP contribution in [0, 0.1) is 0 Å². The summed E-state index contributed by atoms with van der Waals surface area (Å²) in [6.45, 7) is 7.18. The van der Waals surface area contributed by atoms with E-state index in [9.17, 15) is 0 Å². The zero-order valence-electron chi connectivity index (χ0n) is 12.2. The summed E-state index contributed by atoms with van der Waals surface area (Å²) < 4.78 is 17.2. The number of rotatable bonds is 3. The van der Waals surface area contributed by atoms with Crippen molar-refractivity contribution in [3.05, 3.63) is 29.8 Å². The molecule has 2 unspecified atom stereocenters. The topological polar surface area (TPSA) is 39.7 Å². The number of hydrogen-bond donors (Lipinski definition) is 1. The Hall–Kier alpha value is -1.10. The molecule has 1 fully saturated rings. The molecular formula is C16H23NO3. The van der Waals surface area contributed by atoms with Gasteiger partial charge in [-0.2, -0.15) is 0 Å². The first-order chi connectivity index (χ1) is 9.64. The van der Waals surface area contributed by atoms with Gasteiger partial charge in [-0.15, -0.1) is 0 Å². The van der Waals surface area contributed by atoms with Gasteiger partial charge in [-0.1, -0.05) is 18.2 Å². The average Bonchev–Trinajstić information content (AvgIpc) is 2.45. The second-order valence-corrected chi connectivity index (χ2v) is 6.13. The summed E-state index contributed by atoms with van der Waals surface area (Å²) in [6, 6.07) is 8.58. The third-order valence-corrected chi connectivity index (χ3v) is 3.85. The van der Waals surface area contributed by atoms with Gasteiger partial charge in [0.1, 0.15) is 11.4 Å². The van der Waals surface area contributed by atoms with E-state index in [1.807, 2.05) is 12.1 Å². The molecule has 0 radical (unpaired) electrons. The van der Waals surface area contributed by atoms with E-state index >= 15 is 0 Å². The van der Waals surface area contributed by atoms with Crippen LogP contribution in [0.4, 0.5) is 0 Å². The summed E-state index contributed by atoms with van der Waals surface area (Å²) >= 11 is 0. The van der Waals surface area contributed by atoms with Crippen molar-refractivity contribution in [1.29, 1.82) is 0 Å². The Morgan fingerprint density at radius 2 is 2.10 bits per heavy atom. The predicted octanol–water partition coefficient (Wildman–Crippen LogP) is 2.29. The number of fused-ring (bicyclic) bond motifs is 1. The van der Waals surface area contributed by atoms with E-state index in [-0.39, 0.29) is 11.7 Å². The van der Waals surface area contributed by atoms with Crippen molar-refractivity contribution in [1.82, 2.24) is 5.32 Å². The zero-order valence-corrected chi connectivity index (χ0v) is 12.2. The Kier molecular flexibility index (Phi) is 3.96. The number of para-hydroxylation sites is 1. The molecule has 4 heteroatoms. The summed E-state index contributed by atoms with van der Waals surface area (Å²) in [5.74, 6) is 0.988. The summed E-state index contributed by atoms with van der Waals surface area (Å²) in [7, 11) is 0. The zero-order chi connectivity index (χ0) is 14.0. The van der Waals surface area contributed by atoms with Crippen LogP contribution in [0.3, 0.4) is 0 Å². The maximum absolute atomic E-state index is 6.05. The minimum Gasteiger partial charge on any atom is -0.487 e. The van der Waals surface area contributed by atoms with E-state index in [2.05, 4.69) is 31.3 Å². The van der Waals surface area contributed by atoms with Crippen LogP contribution in [0.15, 0.2) is 24.3 Å². The Balaban J connectivity index is 1.68. The third kappa shape index (κ3) is 3.14. The van der Waals surface area contributed by atoms with E-state index in [0.717, 1.165) is 18.7 Å². The molecule has 0 saturated carbocycles. The minimum absolute atomic E-state index is 0.143. The lowest BCUT2D eigenvalue weighted by Gasteiger charge is -2.38. The Morgan fingerprint density at radius 1 is 1.25 bits per heavy atom. The van der Waals surface area contributed by atoms with E-state index in [1.54, 1.807) is 0 Å². The van der Waals surface area contributed by atoms with Crippen molar-refractivity contribution in [2.24, 2.45) is 0 Å². The molecule has 1 aromatic rings. The lowest BCUT2D eigenvalue weighted by molar-refractivity contribution is -0.0878. The first-order valence-corrected chi connectivity index (χ1v) is 7.35. The molecular weight excluding hydrogens is 254 g/mol. The van der Waals surface area contributed by atoms with Gasteiger partial charge in [0.05, 0.1) is 25.9 Å². The van der Waals surface area contributed by atoms with Gasteiger partial charge in [0.25, 0.3) is 0 Å². The van der Waals surface area contributed by atoms with Crippen LogP contribution in [-0.4, -0.2) is 38.1 Å². The largest absolute Gasteiger partial charge is 0.487 e. The number of benzene rings is 1. The van der Waals surface area contributed by atoms with Crippen molar-refractivity contribution >= 4 is 0 Å². The highest BCUT2D eigenvalue weighted by Crippen LogP contribution is 2.39. The second kappa shape index (κ2) is 5.72. The van der Waals surface area contributed by atoms with Gasteiger partial charge in [-0.25, -0.2) is 0 Å². The molecule has 1 aromatic carbocycles. The van der Waals surface area contributed by atoms with Crippen LogP contribution in [0.25, 0.3) is 0 Å². The van der Waals surface area contributed by atoms with Gasteiger partial charge in [-0.3, -0.25) is 0 Å². The van der Waals surface area contributed by atoms with Crippen molar-refractivity contribution < 1.29 is 14.2 Å². The quantitative estimate of drug-likeness (QED) is 0.920. The van der Waals surface area contributed by atoms with Crippen LogP contribution in [0.1, 0.15) is 31.9 Å². The number of ether oxygens (including phenoxy) is 3. The third-order valence-electron chi connectivity index (χ3n) is 3.85. The normalized spacial score (nSPS) is 28.5. The van der Waals surface area contributed by atoms with Crippen LogP contribution in [0.5, 0.6) is 5.75 Å². The van der Waals surface area contributed by atoms with E-state index < -0.39 is 0 Å². The van der Waals surface area contributed by atoms with Gasteiger partial charge in [0, 0.05) is 24.6 Å². The molecule has 3 rings (SSSR count). The van der Waals surface area contributed by atoms with Gasteiger partial charge >= 0.3 is 0 Å². The molecule has 20 heavy (non-hydrogen) atoms. The maximum atomic E-state index is 6.05. The molecule has 110 valence electrons. The summed E-state index contributed by atoms with van der Waals surface area (Å²) in [5.41, 5.74) is 1.10. The highest BCUT2D eigenvalue weighted by molar-refractivity contribution is 5.38. The minimum atomic E-state index is -0.143. The summed E-state index contributed by atoms with van der Waals surface area (Å²) in [6.07, 6.45) is 1.11.